The molecule has 6 atom stereocenters. The smallest absolute Gasteiger partial charge is 0.331 e. The zero-order valence-electron chi connectivity index (χ0n) is 16.5. The van der Waals surface area contributed by atoms with Gasteiger partial charge in [-0.25, -0.2) is 4.79 Å². The van der Waals surface area contributed by atoms with E-state index in [1.165, 1.54) is 6.08 Å². The highest BCUT2D eigenvalue weighted by Crippen LogP contribution is 2.62. The summed E-state index contributed by atoms with van der Waals surface area (Å²) in [5.74, 6) is -0.00257. The minimum absolute atomic E-state index is 0.123. The molecule has 0 spiro atoms. The van der Waals surface area contributed by atoms with Gasteiger partial charge in [-0.3, -0.25) is 0 Å². The van der Waals surface area contributed by atoms with Crippen LogP contribution in [0.15, 0.2) is 23.8 Å². The molecule has 0 unspecified atom stereocenters. The average molecular weight is 364 g/mol. The maximum atomic E-state index is 11.7. The highest BCUT2D eigenvalue weighted by molar-refractivity contribution is 5.86. The van der Waals surface area contributed by atoms with Gasteiger partial charge in [0.2, 0.25) is 0 Å². The Kier molecular flexibility index (Phi) is 4.45. The molecule has 1 aliphatic heterocycles. The van der Waals surface area contributed by atoms with Crippen LogP contribution in [0, 0.1) is 17.3 Å². The number of fused-ring (bicyclic) bond motifs is 3. The van der Waals surface area contributed by atoms with Gasteiger partial charge in [-0.2, -0.15) is 0 Å². The maximum Gasteiger partial charge on any atom is 0.331 e. The predicted molar refractivity (Wildman–Crippen MR) is 98.2 cm³/mol. The number of allylic oxidation sites excluding steroid dienone is 1. The first-order chi connectivity index (χ1) is 11.8. The molecule has 0 aromatic carbocycles. The van der Waals surface area contributed by atoms with Crippen LogP contribution in [0.4, 0.5) is 0 Å². The van der Waals surface area contributed by atoms with E-state index in [1.807, 2.05) is 6.08 Å². The molecule has 2 aliphatic carbocycles. The minimum atomic E-state index is -1.33. The predicted octanol–water partition coefficient (Wildman–Crippen LogP) is 2.49. The molecule has 5 nitrogen and oxygen atoms in total. The number of carbonyl (C=O) groups excluding carboxylic acids is 1. The fourth-order valence-electron chi connectivity index (χ4n) is 5.15. The third-order valence-corrected chi connectivity index (χ3v) is 7.46. The second kappa shape index (κ2) is 5.91. The van der Waals surface area contributed by atoms with Crippen molar-refractivity contribution in [3.8, 4) is 0 Å². The van der Waals surface area contributed by atoms with Crippen molar-refractivity contribution in [3.05, 3.63) is 23.8 Å². The van der Waals surface area contributed by atoms with E-state index >= 15 is 0 Å². The third kappa shape index (κ3) is 2.76. The van der Waals surface area contributed by atoms with Crippen molar-refractivity contribution in [2.24, 2.45) is 17.3 Å². The summed E-state index contributed by atoms with van der Waals surface area (Å²) in [6, 6.07) is 0. The van der Waals surface area contributed by atoms with Gasteiger partial charge in [0.25, 0.3) is 0 Å². The Morgan fingerprint density at radius 3 is 2.54 bits per heavy atom. The number of rotatable bonds is 4. The second-order valence-corrected chi connectivity index (χ2v) is 9.41. The van der Waals surface area contributed by atoms with Crippen LogP contribution in [0.1, 0.15) is 60.3 Å². The molecular weight excluding hydrogens is 332 g/mol. The highest BCUT2D eigenvalue weighted by Gasteiger charge is 2.63. The van der Waals surface area contributed by atoms with Gasteiger partial charge >= 0.3 is 5.97 Å². The SMILES string of the molecule is C[C@H](/C=C/[C@@](C)(O)C(C)(C)O)[C@H]1CC[C@@]2(O)C3=CC(=O)O[C@H]3CC[C@]12C. The lowest BCUT2D eigenvalue weighted by Crippen LogP contribution is -2.53. The zero-order chi connectivity index (χ0) is 19.5. The van der Waals surface area contributed by atoms with E-state index < -0.39 is 16.8 Å². The standard InChI is InChI=1S/C21H32O5/c1-13(6-10-20(5,24)18(2,3)23)14-7-11-21(25)15-12-17(22)26-16(15)8-9-19(14,21)4/h6,10,12-14,16,23-25H,7-9,11H2,1-5H3/b10-6+/t13-,14-,16+,19-,20-,21-/m1/s1. The summed E-state index contributed by atoms with van der Waals surface area (Å²) >= 11 is 0. The number of esters is 1. The van der Waals surface area contributed by atoms with Crippen LogP contribution in [-0.2, 0) is 9.53 Å². The van der Waals surface area contributed by atoms with Crippen LogP contribution >= 0.6 is 0 Å². The van der Waals surface area contributed by atoms with Crippen molar-refractivity contribution < 1.29 is 24.9 Å². The van der Waals surface area contributed by atoms with Crippen LogP contribution < -0.4 is 0 Å². The Morgan fingerprint density at radius 1 is 1.27 bits per heavy atom. The van der Waals surface area contributed by atoms with Crippen LogP contribution in [0.3, 0.4) is 0 Å². The lowest BCUT2D eigenvalue weighted by molar-refractivity contribution is -0.143. The molecule has 0 bridgehead atoms. The van der Waals surface area contributed by atoms with E-state index in [0.717, 1.165) is 24.8 Å². The van der Waals surface area contributed by atoms with Crippen LogP contribution in [0.25, 0.3) is 0 Å². The zero-order valence-corrected chi connectivity index (χ0v) is 16.5. The summed E-state index contributed by atoms with van der Waals surface area (Å²) in [6.07, 6.45) is 7.84. The Balaban J connectivity index is 1.85. The monoisotopic (exact) mass is 364 g/mol. The Labute approximate surface area is 155 Å². The number of hydrogen-bond acceptors (Lipinski definition) is 5. The van der Waals surface area contributed by atoms with E-state index in [1.54, 1.807) is 26.8 Å². The van der Waals surface area contributed by atoms with Gasteiger partial charge in [0, 0.05) is 17.1 Å². The van der Waals surface area contributed by atoms with Crippen LogP contribution in [0.2, 0.25) is 0 Å². The fourth-order valence-corrected chi connectivity index (χ4v) is 5.15. The molecule has 3 aliphatic rings. The van der Waals surface area contributed by atoms with E-state index in [0.29, 0.717) is 6.42 Å². The second-order valence-electron chi connectivity index (χ2n) is 9.41. The van der Waals surface area contributed by atoms with E-state index in [-0.39, 0.29) is 29.3 Å². The lowest BCUT2D eigenvalue weighted by Gasteiger charge is -2.50. The normalized spacial score (nSPS) is 40.6. The highest BCUT2D eigenvalue weighted by atomic mass is 16.5. The van der Waals surface area contributed by atoms with Crippen LogP contribution in [-0.4, -0.2) is 44.2 Å². The molecule has 26 heavy (non-hydrogen) atoms. The van der Waals surface area contributed by atoms with Gasteiger partial charge in [0.05, 0.1) is 11.2 Å². The van der Waals surface area contributed by atoms with Crippen molar-refractivity contribution in [1.29, 1.82) is 0 Å². The molecule has 2 saturated carbocycles. The molecule has 0 radical (unpaired) electrons. The largest absolute Gasteiger partial charge is 0.455 e. The summed E-state index contributed by atoms with van der Waals surface area (Å²) < 4.78 is 5.34. The third-order valence-electron chi connectivity index (χ3n) is 7.46. The van der Waals surface area contributed by atoms with Gasteiger partial charge in [0.1, 0.15) is 11.7 Å². The lowest BCUT2D eigenvalue weighted by atomic mass is 9.58. The van der Waals surface area contributed by atoms with Crippen molar-refractivity contribution in [2.45, 2.75) is 83.2 Å². The summed E-state index contributed by atoms with van der Waals surface area (Å²) in [7, 11) is 0. The van der Waals surface area contributed by atoms with E-state index in [9.17, 15) is 20.1 Å². The Hall–Kier alpha value is -1.17. The molecule has 0 aromatic heterocycles. The molecule has 3 N–H and O–H groups in total. The Morgan fingerprint density at radius 2 is 1.92 bits per heavy atom. The van der Waals surface area contributed by atoms with Crippen molar-refractivity contribution in [1.82, 2.24) is 0 Å². The molecule has 3 rings (SSSR count). The quantitative estimate of drug-likeness (QED) is 0.527. The molecule has 0 saturated heterocycles. The first-order valence-electron chi connectivity index (χ1n) is 9.61. The fraction of sp³-hybridized carbons (Fsp3) is 0.762. The molecule has 0 aromatic rings. The number of hydrogen-bond donors (Lipinski definition) is 3. The number of aliphatic hydroxyl groups is 3. The van der Waals surface area contributed by atoms with Crippen molar-refractivity contribution in [3.63, 3.8) is 0 Å². The summed E-state index contributed by atoms with van der Waals surface area (Å²) in [5.41, 5.74) is -3.17. The summed E-state index contributed by atoms with van der Waals surface area (Å²) in [4.78, 5) is 11.7. The molecule has 5 heteroatoms. The van der Waals surface area contributed by atoms with Gasteiger partial charge in [-0.1, -0.05) is 26.0 Å². The molecular formula is C21H32O5. The molecule has 146 valence electrons. The average Bonchev–Trinajstić information content (AvgIpc) is 3.02. The minimum Gasteiger partial charge on any atom is -0.455 e. The number of ether oxygens (including phenoxy) is 1. The van der Waals surface area contributed by atoms with Gasteiger partial charge in [-0.15, -0.1) is 0 Å². The van der Waals surface area contributed by atoms with Crippen molar-refractivity contribution in [2.75, 3.05) is 0 Å². The maximum absolute atomic E-state index is 11.7. The first-order valence-corrected chi connectivity index (χ1v) is 9.61. The molecule has 1 heterocycles. The van der Waals surface area contributed by atoms with Gasteiger partial charge < -0.3 is 20.1 Å². The molecule has 0 amide bonds. The van der Waals surface area contributed by atoms with Gasteiger partial charge in [-0.05, 0) is 58.3 Å². The first kappa shape index (κ1) is 19.6. The number of carbonyl (C=O) groups is 1. The van der Waals surface area contributed by atoms with Gasteiger partial charge in [0.15, 0.2) is 0 Å². The molecule has 2 fully saturated rings. The van der Waals surface area contributed by atoms with E-state index in [2.05, 4.69) is 13.8 Å². The van der Waals surface area contributed by atoms with Crippen LogP contribution in [0.5, 0.6) is 0 Å². The van der Waals surface area contributed by atoms with Crippen molar-refractivity contribution >= 4 is 5.97 Å². The topological polar surface area (TPSA) is 87.0 Å². The van der Waals surface area contributed by atoms with E-state index in [4.69, 9.17) is 4.74 Å². The Bertz CT molecular complexity index is 656. The summed E-state index contributed by atoms with van der Waals surface area (Å²) in [5, 5.41) is 32.1. The summed E-state index contributed by atoms with van der Waals surface area (Å²) in [6.45, 7) is 8.98.